The Morgan fingerprint density at radius 2 is 1.38 bits per heavy atom. The van der Waals surface area contributed by atoms with Crippen molar-refractivity contribution in [3.8, 4) is 28.3 Å². The summed E-state index contributed by atoms with van der Waals surface area (Å²) in [5.74, 6) is 0.848. The van der Waals surface area contributed by atoms with Crippen molar-refractivity contribution in [2.75, 3.05) is 7.11 Å². The van der Waals surface area contributed by atoms with Crippen LogP contribution in [0.3, 0.4) is 0 Å². The summed E-state index contributed by atoms with van der Waals surface area (Å²) in [6, 6.07) is 28.5. The van der Waals surface area contributed by atoms with E-state index in [9.17, 15) is 0 Å². The summed E-state index contributed by atoms with van der Waals surface area (Å²) in [4.78, 5) is 0. The second-order valence-corrected chi connectivity index (χ2v) is 6.02. The molecule has 0 bridgehead atoms. The second kappa shape index (κ2) is 7.23. The molecule has 0 radical (unpaired) electrons. The van der Waals surface area contributed by atoms with E-state index in [4.69, 9.17) is 4.74 Å². The Hall–Kier alpha value is -3.40. The van der Waals surface area contributed by atoms with Gasteiger partial charge in [0.15, 0.2) is 0 Å². The summed E-state index contributed by atoms with van der Waals surface area (Å²) < 4.78 is 7.20. The van der Waals surface area contributed by atoms with E-state index >= 15 is 0 Å². The summed E-state index contributed by atoms with van der Waals surface area (Å²) in [5.41, 5.74) is 5.22. The number of rotatable bonds is 5. The largest absolute Gasteiger partial charge is 0.497 e. The van der Waals surface area contributed by atoms with Gasteiger partial charge in [-0.1, -0.05) is 78.0 Å². The average molecular weight is 341 g/mol. The summed E-state index contributed by atoms with van der Waals surface area (Å²) in [7, 11) is 1.67. The molecule has 0 fully saturated rings. The van der Waals surface area contributed by atoms with Gasteiger partial charge in [-0.25, -0.2) is 4.68 Å². The lowest BCUT2D eigenvalue weighted by atomic mass is 10.0. The van der Waals surface area contributed by atoms with Gasteiger partial charge in [-0.05, 0) is 17.7 Å². The standard InChI is InChI=1S/C22H19N3O/c1-26-20-14-12-17(13-15-20)16-25-22(19-10-6-3-7-11-19)21(23-24-25)18-8-4-2-5-9-18/h2-15H,16H2,1H3. The lowest BCUT2D eigenvalue weighted by Crippen LogP contribution is -2.04. The van der Waals surface area contributed by atoms with Crippen molar-refractivity contribution in [2.45, 2.75) is 6.54 Å². The predicted molar refractivity (Wildman–Crippen MR) is 103 cm³/mol. The third kappa shape index (κ3) is 3.22. The fourth-order valence-corrected chi connectivity index (χ4v) is 3.00. The Labute approximate surface area is 152 Å². The molecule has 0 unspecified atom stereocenters. The average Bonchev–Trinajstić information content (AvgIpc) is 3.13. The van der Waals surface area contributed by atoms with E-state index in [0.717, 1.165) is 33.8 Å². The van der Waals surface area contributed by atoms with E-state index in [1.165, 1.54) is 0 Å². The molecule has 0 spiro atoms. The molecule has 0 atom stereocenters. The van der Waals surface area contributed by atoms with Crippen LogP contribution >= 0.6 is 0 Å². The van der Waals surface area contributed by atoms with Crippen molar-refractivity contribution in [3.63, 3.8) is 0 Å². The van der Waals surface area contributed by atoms with Gasteiger partial charge < -0.3 is 4.74 Å². The van der Waals surface area contributed by atoms with Gasteiger partial charge >= 0.3 is 0 Å². The first kappa shape index (κ1) is 16.1. The van der Waals surface area contributed by atoms with E-state index < -0.39 is 0 Å². The molecular formula is C22H19N3O. The normalized spacial score (nSPS) is 10.7. The molecule has 0 saturated heterocycles. The Morgan fingerprint density at radius 3 is 2.00 bits per heavy atom. The van der Waals surface area contributed by atoms with Crippen molar-refractivity contribution in [2.24, 2.45) is 0 Å². The van der Waals surface area contributed by atoms with Gasteiger partial charge in [0.1, 0.15) is 11.4 Å². The fourth-order valence-electron chi connectivity index (χ4n) is 3.00. The van der Waals surface area contributed by atoms with Crippen molar-refractivity contribution in [1.82, 2.24) is 15.0 Å². The molecular weight excluding hydrogens is 322 g/mol. The van der Waals surface area contributed by atoms with Crippen molar-refractivity contribution >= 4 is 0 Å². The molecule has 0 amide bonds. The highest BCUT2D eigenvalue weighted by Gasteiger charge is 2.16. The van der Waals surface area contributed by atoms with Crippen LogP contribution in [0.15, 0.2) is 84.9 Å². The van der Waals surface area contributed by atoms with Gasteiger partial charge in [0.25, 0.3) is 0 Å². The Balaban J connectivity index is 1.78. The third-order valence-electron chi connectivity index (χ3n) is 4.32. The molecule has 128 valence electrons. The van der Waals surface area contributed by atoms with Crippen LogP contribution in [0.5, 0.6) is 5.75 Å². The lowest BCUT2D eigenvalue weighted by molar-refractivity contribution is 0.414. The van der Waals surface area contributed by atoms with Crippen molar-refractivity contribution in [1.29, 1.82) is 0 Å². The van der Waals surface area contributed by atoms with E-state index in [-0.39, 0.29) is 0 Å². The zero-order valence-electron chi connectivity index (χ0n) is 14.5. The van der Waals surface area contributed by atoms with Gasteiger partial charge in [-0.2, -0.15) is 0 Å². The zero-order valence-corrected chi connectivity index (χ0v) is 14.5. The van der Waals surface area contributed by atoms with Gasteiger partial charge in [-0.15, -0.1) is 5.10 Å². The third-order valence-corrected chi connectivity index (χ3v) is 4.32. The monoisotopic (exact) mass is 341 g/mol. The first-order chi connectivity index (χ1) is 12.8. The number of hydrogen-bond donors (Lipinski definition) is 0. The highest BCUT2D eigenvalue weighted by atomic mass is 16.5. The fraction of sp³-hybridized carbons (Fsp3) is 0.0909. The molecule has 1 aromatic heterocycles. The van der Waals surface area contributed by atoms with E-state index in [0.29, 0.717) is 6.54 Å². The van der Waals surface area contributed by atoms with Crippen LogP contribution in [-0.4, -0.2) is 22.1 Å². The number of ether oxygens (including phenoxy) is 1. The molecule has 0 aliphatic carbocycles. The Bertz CT molecular complexity index is 977. The minimum Gasteiger partial charge on any atom is -0.497 e. The number of methoxy groups -OCH3 is 1. The SMILES string of the molecule is COc1ccc(Cn2nnc(-c3ccccc3)c2-c2ccccc2)cc1. The molecule has 4 aromatic rings. The van der Waals surface area contributed by atoms with Crippen LogP contribution in [-0.2, 0) is 6.54 Å². The van der Waals surface area contributed by atoms with Gasteiger partial charge in [0, 0.05) is 11.1 Å². The number of benzene rings is 3. The van der Waals surface area contributed by atoms with Gasteiger partial charge in [0.05, 0.1) is 19.3 Å². The van der Waals surface area contributed by atoms with Crippen molar-refractivity contribution in [3.05, 3.63) is 90.5 Å². The Morgan fingerprint density at radius 1 is 0.769 bits per heavy atom. The lowest BCUT2D eigenvalue weighted by Gasteiger charge is -2.09. The van der Waals surface area contributed by atoms with E-state index in [1.807, 2.05) is 53.2 Å². The molecule has 4 rings (SSSR count). The quantitative estimate of drug-likeness (QED) is 0.530. The summed E-state index contributed by atoms with van der Waals surface area (Å²) in [6.07, 6.45) is 0. The number of nitrogens with zero attached hydrogens (tertiary/aromatic N) is 3. The van der Waals surface area contributed by atoms with E-state index in [1.54, 1.807) is 7.11 Å². The summed E-state index contributed by atoms with van der Waals surface area (Å²) in [6.45, 7) is 0.647. The molecule has 0 aliphatic rings. The minimum atomic E-state index is 0.647. The first-order valence-electron chi connectivity index (χ1n) is 8.52. The zero-order chi connectivity index (χ0) is 17.8. The van der Waals surface area contributed by atoms with Crippen LogP contribution in [0, 0.1) is 0 Å². The topological polar surface area (TPSA) is 39.9 Å². The molecule has 0 saturated carbocycles. The molecule has 4 heteroatoms. The van der Waals surface area contributed by atoms with Gasteiger partial charge in [-0.3, -0.25) is 0 Å². The highest BCUT2D eigenvalue weighted by Crippen LogP contribution is 2.30. The number of hydrogen-bond acceptors (Lipinski definition) is 3. The molecule has 3 aromatic carbocycles. The molecule has 26 heavy (non-hydrogen) atoms. The smallest absolute Gasteiger partial charge is 0.121 e. The van der Waals surface area contributed by atoms with Crippen LogP contribution < -0.4 is 4.74 Å². The molecule has 4 nitrogen and oxygen atoms in total. The van der Waals surface area contributed by atoms with E-state index in [2.05, 4.69) is 46.7 Å². The molecule has 1 heterocycles. The summed E-state index contributed by atoms with van der Waals surface area (Å²) >= 11 is 0. The minimum absolute atomic E-state index is 0.647. The number of aromatic nitrogens is 3. The second-order valence-electron chi connectivity index (χ2n) is 6.02. The molecule has 0 aliphatic heterocycles. The maximum atomic E-state index is 5.24. The first-order valence-corrected chi connectivity index (χ1v) is 8.52. The summed E-state index contributed by atoms with van der Waals surface area (Å²) in [5, 5.41) is 8.92. The van der Waals surface area contributed by atoms with Crippen molar-refractivity contribution < 1.29 is 4.74 Å². The predicted octanol–water partition coefficient (Wildman–Crippen LogP) is 4.67. The van der Waals surface area contributed by atoms with Gasteiger partial charge in [0.2, 0.25) is 0 Å². The van der Waals surface area contributed by atoms with Crippen LogP contribution in [0.25, 0.3) is 22.5 Å². The van der Waals surface area contributed by atoms with Crippen LogP contribution in [0.2, 0.25) is 0 Å². The Kier molecular flexibility index (Phi) is 4.48. The van der Waals surface area contributed by atoms with Crippen LogP contribution in [0.4, 0.5) is 0 Å². The maximum Gasteiger partial charge on any atom is 0.121 e. The molecule has 0 N–H and O–H groups in total. The maximum absolute atomic E-state index is 5.24. The van der Waals surface area contributed by atoms with Crippen LogP contribution in [0.1, 0.15) is 5.56 Å². The highest BCUT2D eigenvalue weighted by molar-refractivity contribution is 5.77.